The van der Waals surface area contributed by atoms with Crippen molar-refractivity contribution in [3.63, 3.8) is 0 Å². The lowest BCUT2D eigenvalue weighted by Gasteiger charge is -2.27. The highest BCUT2D eigenvalue weighted by atomic mass is 35.5. The molecule has 0 aliphatic carbocycles. The minimum Gasteiger partial charge on any atom is -0.493 e. The molecule has 0 atom stereocenters. The van der Waals surface area contributed by atoms with Crippen LogP contribution in [-0.4, -0.2) is 25.0 Å². The van der Waals surface area contributed by atoms with E-state index in [0.29, 0.717) is 22.7 Å². The van der Waals surface area contributed by atoms with Crippen LogP contribution >= 0.6 is 11.6 Å². The van der Waals surface area contributed by atoms with Gasteiger partial charge in [-0.1, -0.05) is 54.1 Å². The fraction of sp³-hybridized carbons (Fsp3) is 0.129. The number of ether oxygens (including phenoxy) is 2. The fourth-order valence-electron chi connectivity index (χ4n) is 4.59. The summed E-state index contributed by atoms with van der Waals surface area (Å²) in [6.07, 6.45) is 1.38. The van der Waals surface area contributed by atoms with Gasteiger partial charge in [0.15, 0.2) is 11.5 Å². The Morgan fingerprint density at radius 3 is 2.33 bits per heavy atom. The first-order valence-electron chi connectivity index (χ1n) is 12.2. The van der Waals surface area contributed by atoms with Crippen molar-refractivity contribution in [3.05, 3.63) is 106 Å². The molecule has 7 nitrogen and oxygen atoms in total. The van der Waals surface area contributed by atoms with Gasteiger partial charge in [-0.25, -0.2) is 9.69 Å². The molecule has 1 heterocycles. The minimum absolute atomic E-state index is 0.211. The Morgan fingerprint density at radius 2 is 1.62 bits per heavy atom. The highest BCUT2D eigenvalue weighted by molar-refractivity contribution is 6.39. The maximum absolute atomic E-state index is 13.3. The molecule has 1 saturated heterocycles. The summed E-state index contributed by atoms with van der Waals surface area (Å²) >= 11 is 6.56. The molecule has 0 aromatic heterocycles. The molecule has 0 unspecified atom stereocenters. The molecule has 0 spiro atoms. The minimum atomic E-state index is -0.805. The average molecular weight is 541 g/mol. The van der Waals surface area contributed by atoms with Gasteiger partial charge >= 0.3 is 6.03 Å². The molecular formula is C31H25ClN2O5. The Bertz CT molecular complexity index is 1660. The molecular weight excluding hydrogens is 516 g/mol. The van der Waals surface area contributed by atoms with Gasteiger partial charge in [-0.05, 0) is 83.3 Å². The van der Waals surface area contributed by atoms with Gasteiger partial charge in [0.25, 0.3) is 11.8 Å². The summed E-state index contributed by atoms with van der Waals surface area (Å²) in [5, 5.41) is 4.72. The van der Waals surface area contributed by atoms with Gasteiger partial charge < -0.3 is 9.47 Å². The Labute approximate surface area is 230 Å². The van der Waals surface area contributed by atoms with Crippen molar-refractivity contribution in [2.24, 2.45) is 0 Å². The number of aryl methyl sites for hydroxylation is 2. The van der Waals surface area contributed by atoms with Crippen molar-refractivity contribution in [2.45, 2.75) is 20.5 Å². The molecule has 1 N–H and O–H groups in total. The lowest BCUT2D eigenvalue weighted by atomic mass is 10.0. The van der Waals surface area contributed by atoms with Crippen LogP contribution in [0.5, 0.6) is 11.5 Å². The number of anilines is 1. The zero-order valence-electron chi connectivity index (χ0n) is 21.6. The Balaban J connectivity index is 1.43. The molecule has 1 aliphatic heterocycles. The van der Waals surface area contributed by atoms with Gasteiger partial charge in [-0.15, -0.1) is 0 Å². The number of nitrogens with zero attached hydrogens (tertiary/aromatic N) is 1. The molecule has 1 fully saturated rings. The monoisotopic (exact) mass is 540 g/mol. The van der Waals surface area contributed by atoms with Crippen LogP contribution < -0.4 is 19.7 Å². The highest BCUT2D eigenvalue weighted by Gasteiger charge is 2.37. The van der Waals surface area contributed by atoms with Gasteiger partial charge in [-0.2, -0.15) is 0 Å². The van der Waals surface area contributed by atoms with E-state index in [9.17, 15) is 14.4 Å². The fourth-order valence-corrected chi connectivity index (χ4v) is 4.86. The summed E-state index contributed by atoms with van der Waals surface area (Å²) in [5.74, 6) is -0.861. The summed E-state index contributed by atoms with van der Waals surface area (Å²) in [5.41, 5.74) is 3.31. The van der Waals surface area contributed by atoms with Crippen LogP contribution in [0, 0.1) is 13.8 Å². The normalized spacial score (nSPS) is 14.6. The number of barbiturate groups is 1. The van der Waals surface area contributed by atoms with Gasteiger partial charge in [-0.3, -0.25) is 14.9 Å². The number of rotatable bonds is 6. The summed E-state index contributed by atoms with van der Waals surface area (Å²) in [7, 11) is 1.48. The van der Waals surface area contributed by atoms with E-state index in [1.807, 2.05) is 62.4 Å². The standard InChI is InChI=1S/C31H25ClN2O5/c1-18-10-19(2)12-24(11-18)34-30(36)25(29(35)33-31(34)37)14-21-15-26(32)28(27(16-21)38-3)39-17-20-8-9-22-6-4-5-7-23(22)13-20/h4-16H,17H2,1-3H3,(H,33,35,37)/b25-14+. The zero-order chi connectivity index (χ0) is 27.7. The number of amides is 4. The lowest BCUT2D eigenvalue weighted by Crippen LogP contribution is -2.54. The molecule has 39 heavy (non-hydrogen) atoms. The summed E-state index contributed by atoms with van der Waals surface area (Å²) in [6.45, 7) is 3.99. The number of fused-ring (bicyclic) bond motifs is 1. The van der Waals surface area contributed by atoms with Crippen LogP contribution in [0.4, 0.5) is 10.5 Å². The summed E-state index contributed by atoms with van der Waals surface area (Å²) < 4.78 is 11.5. The topological polar surface area (TPSA) is 84.9 Å². The third-order valence-corrected chi connectivity index (χ3v) is 6.61. The second-order valence-corrected chi connectivity index (χ2v) is 9.72. The van der Waals surface area contributed by atoms with Crippen LogP contribution in [0.2, 0.25) is 5.02 Å². The number of imide groups is 2. The molecule has 4 aromatic carbocycles. The second-order valence-electron chi connectivity index (χ2n) is 9.31. The summed E-state index contributed by atoms with van der Waals surface area (Å²) in [6, 6.07) is 21.8. The van der Waals surface area contributed by atoms with E-state index in [1.165, 1.54) is 13.2 Å². The Kier molecular flexibility index (Phi) is 7.09. The van der Waals surface area contributed by atoms with Crippen LogP contribution in [0.3, 0.4) is 0 Å². The molecule has 0 saturated carbocycles. The predicted molar refractivity (Wildman–Crippen MR) is 151 cm³/mol. The SMILES string of the molecule is COc1cc(/C=C2\C(=O)NC(=O)N(c3cc(C)cc(C)c3)C2=O)cc(Cl)c1OCc1ccc2ccccc2c1. The second kappa shape index (κ2) is 10.6. The average Bonchev–Trinajstić information content (AvgIpc) is 2.89. The molecule has 5 rings (SSSR count). The molecule has 4 aromatic rings. The molecule has 1 aliphatic rings. The lowest BCUT2D eigenvalue weighted by molar-refractivity contribution is -0.122. The maximum atomic E-state index is 13.3. The number of benzene rings is 4. The van der Waals surface area contributed by atoms with Gasteiger partial charge in [0.1, 0.15) is 12.2 Å². The first-order valence-corrected chi connectivity index (χ1v) is 12.6. The van der Waals surface area contributed by atoms with E-state index < -0.39 is 17.8 Å². The van der Waals surface area contributed by atoms with E-state index >= 15 is 0 Å². The number of halogens is 1. The number of carbonyl (C=O) groups is 3. The van der Waals surface area contributed by atoms with E-state index in [2.05, 4.69) is 5.32 Å². The van der Waals surface area contributed by atoms with Crippen molar-refractivity contribution >= 4 is 52.0 Å². The highest BCUT2D eigenvalue weighted by Crippen LogP contribution is 2.38. The third-order valence-electron chi connectivity index (χ3n) is 6.33. The zero-order valence-corrected chi connectivity index (χ0v) is 22.3. The first kappa shape index (κ1) is 26.0. The van der Waals surface area contributed by atoms with Crippen molar-refractivity contribution in [1.82, 2.24) is 5.32 Å². The predicted octanol–water partition coefficient (Wildman–Crippen LogP) is 6.36. The van der Waals surface area contributed by atoms with Crippen LogP contribution in [-0.2, 0) is 16.2 Å². The van der Waals surface area contributed by atoms with Crippen molar-refractivity contribution in [3.8, 4) is 11.5 Å². The van der Waals surface area contributed by atoms with Gasteiger partial charge in [0.05, 0.1) is 17.8 Å². The number of urea groups is 1. The van der Waals surface area contributed by atoms with E-state index in [1.54, 1.807) is 24.3 Å². The molecule has 4 amide bonds. The van der Waals surface area contributed by atoms with Gasteiger partial charge in [0.2, 0.25) is 0 Å². The quantitative estimate of drug-likeness (QED) is 0.227. The van der Waals surface area contributed by atoms with Gasteiger partial charge in [0, 0.05) is 0 Å². The largest absolute Gasteiger partial charge is 0.493 e. The van der Waals surface area contributed by atoms with E-state index in [0.717, 1.165) is 32.4 Å². The Morgan fingerprint density at radius 1 is 0.897 bits per heavy atom. The van der Waals surface area contributed by atoms with Crippen LogP contribution in [0.15, 0.2) is 78.4 Å². The molecule has 196 valence electrons. The molecule has 8 heteroatoms. The van der Waals surface area contributed by atoms with Crippen molar-refractivity contribution in [1.29, 1.82) is 0 Å². The van der Waals surface area contributed by atoms with Crippen LogP contribution in [0.25, 0.3) is 16.8 Å². The van der Waals surface area contributed by atoms with Crippen molar-refractivity contribution in [2.75, 3.05) is 12.0 Å². The maximum Gasteiger partial charge on any atom is 0.335 e. The molecule has 0 radical (unpaired) electrons. The van der Waals surface area contributed by atoms with Crippen molar-refractivity contribution < 1.29 is 23.9 Å². The van der Waals surface area contributed by atoms with Crippen LogP contribution in [0.1, 0.15) is 22.3 Å². The smallest absolute Gasteiger partial charge is 0.335 e. The number of hydrogen-bond acceptors (Lipinski definition) is 5. The number of nitrogens with one attached hydrogen (secondary N) is 1. The van der Waals surface area contributed by atoms with E-state index in [-0.39, 0.29) is 17.2 Å². The number of methoxy groups -OCH3 is 1. The summed E-state index contributed by atoms with van der Waals surface area (Å²) in [4.78, 5) is 39.5. The Hall–Kier alpha value is -4.62. The number of carbonyl (C=O) groups excluding carboxylic acids is 3. The molecule has 0 bridgehead atoms. The third kappa shape index (κ3) is 5.35. The number of hydrogen-bond donors (Lipinski definition) is 1. The first-order chi connectivity index (χ1) is 18.7. The van der Waals surface area contributed by atoms with E-state index in [4.69, 9.17) is 21.1 Å².